The molecule has 0 aliphatic heterocycles. The van der Waals surface area contributed by atoms with Crippen LogP contribution in [-0.2, 0) is 0 Å². The van der Waals surface area contributed by atoms with E-state index in [0.717, 1.165) is 6.07 Å². The minimum Gasteiger partial charge on any atom is -0.497 e. The zero-order chi connectivity index (χ0) is 15.4. The first-order valence-electron chi connectivity index (χ1n) is 5.89. The fourth-order valence-electron chi connectivity index (χ4n) is 1.71. The highest BCUT2D eigenvalue weighted by Crippen LogP contribution is 2.23. The van der Waals surface area contributed by atoms with Crippen molar-refractivity contribution >= 4 is 27.5 Å². The molecule has 0 radical (unpaired) electrons. The van der Waals surface area contributed by atoms with E-state index in [1.165, 1.54) is 19.2 Å². The Kier molecular flexibility index (Phi) is 4.55. The van der Waals surface area contributed by atoms with E-state index >= 15 is 0 Å². The first kappa shape index (κ1) is 15.0. The van der Waals surface area contributed by atoms with E-state index < -0.39 is 11.7 Å². The van der Waals surface area contributed by atoms with Crippen LogP contribution in [0.4, 0.5) is 10.1 Å². The van der Waals surface area contributed by atoms with Gasteiger partial charge in [0.1, 0.15) is 17.6 Å². The predicted octanol–water partition coefficient (Wildman–Crippen LogP) is 3.72. The van der Waals surface area contributed by atoms with E-state index in [4.69, 9.17) is 10.00 Å². The first-order valence-corrected chi connectivity index (χ1v) is 6.69. The lowest BCUT2D eigenvalue weighted by atomic mass is 10.1. The molecule has 1 amide bonds. The molecule has 1 N–H and O–H groups in total. The summed E-state index contributed by atoms with van der Waals surface area (Å²) in [6, 6.07) is 10.7. The number of halogens is 2. The fraction of sp³-hybridized carbons (Fsp3) is 0.0667. The molecule has 21 heavy (non-hydrogen) atoms. The zero-order valence-electron chi connectivity index (χ0n) is 11.0. The summed E-state index contributed by atoms with van der Waals surface area (Å²) < 4.78 is 19.4. The number of nitrogens with zero attached hydrogens (tertiary/aromatic N) is 1. The quantitative estimate of drug-likeness (QED) is 0.919. The van der Waals surface area contributed by atoms with Crippen LogP contribution in [-0.4, -0.2) is 13.0 Å². The Balaban J connectivity index is 2.30. The van der Waals surface area contributed by atoms with Crippen LogP contribution < -0.4 is 10.1 Å². The molecule has 0 fully saturated rings. The largest absolute Gasteiger partial charge is 0.497 e. The highest BCUT2D eigenvalue weighted by molar-refractivity contribution is 9.10. The number of benzene rings is 2. The highest BCUT2D eigenvalue weighted by atomic mass is 79.9. The van der Waals surface area contributed by atoms with Gasteiger partial charge in [0, 0.05) is 10.5 Å². The number of anilines is 1. The van der Waals surface area contributed by atoms with Crippen LogP contribution in [0.2, 0.25) is 0 Å². The number of rotatable bonds is 3. The van der Waals surface area contributed by atoms with E-state index in [0.29, 0.717) is 21.5 Å². The Morgan fingerprint density at radius 1 is 1.33 bits per heavy atom. The molecule has 0 saturated heterocycles. The first-order chi connectivity index (χ1) is 10.0. The van der Waals surface area contributed by atoms with Crippen LogP contribution in [0.15, 0.2) is 40.9 Å². The number of hydrogen-bond acceptors (Lipinski definition) is 3. The van der Waals surface area contributed by atoms with Gasteiger partial charge in [-0.3, -0.25) is 4.79 Å². The standard InChI is InChI=1S/C15H10BrFN2O2/c1-21-11-4-5-12(13(17)7-11)15(20)19-14-6-10(16)3-2-9(14)8-18/h2-7H,1H3,(H,19,20). The van der Waals surface area contributed by atoms with Gasteiger partial charge in [0.05, 0.1) is 23.9 Å². The molecule has 106 valence electrons. The molecule has 4 nitrogen and oxygen atoms in total. The Labute approximate surface area is 129 Å². The molecule has 0 unspecified atom stereocenters. The van der Waals surface area contributed by atoms with E-state index in [9.17, 15) is 9.18 Å². The second kappa shape index (κ2) is 6.37. The van der Waals surface area contributed by atoms with Gasteiger partial charge >= 0.3 is 0 Å². The number of amides is 1. The molecule has 0 saturated carbocycles. The van der Waals surface area contributed by atoms with Gasteiger partial charge in [0.15, 0.2) is 0 Å². The lowest BCUT2D eigenvalue weighted by Crippen LogP contribution is -2.14. The topological polar surface area (TPSA) is 62.1 Å². The van der Waals surface area contributed by atoms with Crippen LogP contribution in [0, 0.1) is 17.1 Å². The number of methoxy groups -OCH3 is 1. The van der Waals surface area contributed by atoms with Crippen molar-refractivity contribution < 1.29 is 13.9 Å². The zero-order valence-corrected chi connectivity index (χ0v) is 12.6. The van der Waals surface area contributed by atoms with Crippen molar-refractivity contribution in [1.29, 1.82) is 5.26 Å². The number of nitriles is 1. The monoisotopic (exact) mass is 348 g/mol. The van der Waals surface area contributed by atoms with Gasteiger partial charge in [-0.05, 0) is 30.3 Å². The molecule has 0 bridgehead atoms. The maximum atomic E-state index is 13.8. The average Bonchev–Trinajstić information content (AvgIpc) is 2.47. The molecule has 0 atom stereocenters. The van der Waals surface area contributed by atoms with Gasteiger partial charge in [0.2, 0.25) is 0 Å². The van der Waals surface area contributed by atoms with Gasteiger partial charge < -0.3 is 10.1 Å². The minimum absolute atomic E-state index is 0.125. The number of nitrogens with one attached hydrogen (secondary N) is 1. The molecule has 2 aromatic carbocycles. The van der Waals surface area contributed by atoms with Gasteiger partial charge in [0.25, 0.3) is 5.91 Å². The van der Waals surface area contributed by atoms with Crippen molar-refractivity contribution in [3.8, 4) is 11.8 Å². The van der Waals surface area contributed by atoms with E-state index in [1.807, 2.05) is 6.07 Å². The van der Waals surface area contributed by atoms with Gasteiger partial charge in [-0.2, -0.15) is 5.26 Å². The number of carbonyl (C=O) groups is 1. The van der Waals surface area contributed by atoms with E-state index in [-0.39, 0.29) is 5.56 Å². The summed E-state index contributed by atoms with van der Waals surface area (Å²) in [5.74, 6) is -1.01. The highest BCUT2D eigenvalue weighted by Gasteiger charge is 2.14. The molecule has 2 aromatic rings. The Morgan fingerprint density at radius 2 is 2.10 bits per heavy atom. The Bertz CT molecular complexity index is 741. The molecular weight excluding hydrogens is 339 g/mol. The Morgan fingerprint density at radius 3 is 2.71 bits per heavy atom. The van der Waals surface area contributed by atoms with Gasteiger partial charge in [-0.15, -0.1) is 0 Å². The molecular formula is C15H10BrFN2O2. The maximum Gasteiger partial charge on any atom is 0.258 e. The van der Waals surface area contributed by atoms with Crippen molar-refractivity contribution in [2.75, 3.05) is 12.4 Å². The predicted molar refractivity (Wildman–Crippen MR) is 79.8 cm³/mol. The van der Waals surface area contributed by atoms with Gasteiger partial charge in [-0.1, -0.05) is 15.9 Å². The number of hydrogen-bond donors (Lipinski definition) is 1. The molecule has 0 aromatic heterocycles. The van der Waals surface area contributed by atoms with E-state index in [1.54, 1.807) is 18.2 Å². The summed E-state index contributed by atoms with van der Waals surface area (Å²) in [5, 5.41) is 11.5. The summed E-state index contributed by atoms with van der Waals surface area (Å²) in [4.78, 5) is 12.1. The molecule has 0 heterocycles. The fourth-order valence-corrected chi connectivity index (χ4v) is 2.08. The third-order valence-electron chi connectivity index (χ3n) is 2.77. The second-order valence-corrected chi connectivity index (χ2v) is 5.02. The molecule has 6 heteroatoms. The second-order valence-electron chi connectivity index (χ2n) is 4.10. The van der Waals surface area contributed by atoms with Crippen molar-refractivity contribution in [3.05, 3.63) is 57.8 Å². The summed E-state index contributed by atoms with van der Waals surface area (Å²) in [6.45, 7) is 0. The SMILES string of the molecule is COc1ccc(C(=O)Nc2cc(Br)ccc2C#N)c(F)c1. The van der Waals surface area contributed by atoms with Crippen LogP contribution in [0.25, 0.3) is 0 Å². The van der Waals surface area contributed by atoms with Crippen LogP contribution >= 0.6 is 15.9 Å². The van der Waals surface area contributed by atoms with Crippen molar-refractivity contribution in [3.63, 3.8) is 0 Å². The lowest BCUT2D eigenvalue weighted by molar-refractivity contribution is 0.102. The third-order valence-corrected chi connectivity index (χ3v) is 3.26. The van der Waals surface area contributed by atoms with Crippen molar-refractivity contribution in [2.45, 2.75) is 0 Å². The molecule has 0 aliphatic rings. The lowest BCUT2D eigenvalue weighted by Gasteiger charge is -2.09. The Hall–Kier alpha value is -2.39. The molecule has 0 aliphatic carbocycles. The molecule has 2 rings (SSSR count). The number of carbonyl (C=O) groups excluding carboxylic acids is 1. The van der Waals surface area contributed by atoms with E-state index in [2.05, 4.69) is 21.2 Å². The summed E-state index contributed by atoms with van der Waals surface area (Å²) in [7, 11) is 1.41. The van der Waals surface area contributed by atoms with Crippen molar-refractivity contribution in [2.24, 2.45) is 0 Å². The summed E-state index contributed by atoms with van der Waals surface area (Å²) in [6.07, 6.45) is 0. The maximum absolute atomic E-state index is 13.8. The third kappa shape index (κ3) is 3.38. The number of ether oxygens (including phenoxy) is 1. The van der Waals surface area contributed by atoms with Crippen molar-refractivity contribution in [1.82, 2.24) is 0 Å². The summed E-state index contributed by atoms with van der Waals surface area (Å²) in [5.41, 5.74) is 0.479. The molecule has 0 spiro atoms. The van der Waals surface area contributed by atoms with Crippen LogP contribution in [0.1, 0.15) is 15.9 Å². The van der Waals surface area contributed by atoms with Gasteiger partial charge in [-0.25, -0.2) is 4.39 Å². The average molecular weight is 349 g/mol. The smallest absolute Gasteiger partial charge is 0.258 e. The van der Waals surface area contributed by atoms with Crippen LogP contribution in [0.3, 0.4) is 0 Å². The normalized spacial score (nSPS) is 9.81. The van der Waals surface area contributed by atoms with Crippen LogP contribution in [0.5, 0.6) is 5.75 Å². The summed E-state index contributed by atoms with van der Waals surface area (Å²) >= 11 is 3.25. The minimum atomic E-state index is -0.694.